The maximum atomic E-state index is 5.05. The minimum Gasteiger partial charge on any atom is -0.314 e. The van der Waals surface area contributed by atoms with Crippen LogP contribution in [0.3, 0.4) is 0 Å². The Morgan fingerprint density at radius 1 is 0.674 bits per heavy atom. The molecule has 0 bridgehead atoms. The second-order valence-corrected chi connectivity index (χ2v) is 12.2. The molecule has 2 saturated heterocycles. The van der Waals surface area contributed by atoms with Crippen LogP contribution in [0.1, 0.15) is 24.0 Å². The maximum Gasteiger partial charge on any atom is 0.160 e. The fraction of sp³-hybridized carbons (Fsp3) is 0.412. The van der Waals surface area contributed by atoms with Crippen molar-refractivity contribution < 1.29 is 0 Å². The lowest BCUT2D eigenvalue weighted by Gasteiger charge is -2.26. The molecule has 2 N–H and O–H groups in total. The number of piperazine rings is 2. The van der Waals surface area contributed by atoms with E-state index in [4.69, 9.17) is 9.97 Å². The first kappa shape index (κ1) is 29.7. The van der Waals surface area contributed by atoms with E-state index in [1.54, 1.807) is 11.3 Å². The third kappa shape index (κ3) is 8.40. The van der Waals surface area contributed by atoms with Gasteiger partial charge in [0.1, 0.15) is 0 Å². The zero-order chi connectivity index (χ0) is 29.1. The van der Waals surface area contributed by atoms with E-state index in [9.17, 15) is 0 Å². The van der Waals surface area contributed by atoms with Crippen molar-refractivity contribution in [1.29, 1.82) is 0 Å². The number of nitrogens with one attached hydrogen (secondary N) is 2. The van der Waals surface area contributed by atoms with Gasteiger partial charge in [-0.2, -0.15) is 0 Å². The summed E-state index contributed by atoms with van der Waals surface area (Å²) in [6.45, 7) is 12.9. The van der Waals surface area contributed by atoms with Gasteiger partial charge >= 0.3 is 0 Å². The Morgan fingerprint density at radius 2 is 1.21 bits per heavy atom. The zero-order valence-corrected chi connectivity index (χ0v) is 25.7. The lowest BCUT2D eigenvalue weighted by Crippen LogP contribution is -2.43. The van der Waals surface area contributed by atoms with Crippen LogP contribution in [0.25, 0.3) is 32.9 Å². The number of aliphatic imine (C=N–C) groups is 2. The van der Waals surface area contributed by atoms with E-state index in [0.29, 0.717) is 0 Å². The van der Waals surface area contributed by atoms with Gasteiger partial charge in [-0.05, 0) is 48.5 Å². The van der Waals surface area contributed by atoms with Crippen LogP contribution in [0, 0.1) is 0 Å². The summed E-state index contributed by atoms with van der Waals surface area (Å²) in [5.41, 5.74) is 6.28. The van der Waals surface area contributed by atoms with Crippen LogP contribution >= 0.6 is 11.3 Å². The number of rotatable bonds is 12. The molecule has 9 heteroatoms. The Bertz CT molecular complexity index is 1480. The highest BCUT2D eigenvalue weighted by atomic mass is 32.1. The number of benzene rings is 2. The molecule has 6 rings (SSSR count). The molecule has 2 aromatic heterocycles. The molecule has 2 aliphatic heterocycles. The smallest absolute Gasteiger partial charge is 0.160 e. The molecule has 0 aliphatic carbocycles. The third-order valence-corrected chi connectivity index (χ3v) is 8.99. The largest absolute Gasteiger partial charge is 0.314 e. The van der Waals surface area contributed by atoms with Gasteiger partial charge in [-0.15, -0.1) is 11.3 Å². The van der Waals surface area contributed by atoms with Crippen LogP contribution in [0.2, 0.25) is 0 Å². The Balaban J connectivity index is 1.06. The van der Waals surface area contributed by atoms with Crippen molar-refractivity contribution in [2.45, 2.75) is 12.8 Å². The molecule has 4 heterocycles. The molecule has 2 aliphatic rings. The summed E-state index contributed by atoms with van der Waals surface area (Å²) < 4.78 is 1.11. The zero-order valence-electron chi connectivity index (χ0n) is 24.9. The molecule has 8 nitrogen and oxygen atoms in total. The summed E-state index contributed by atoms with van der Waals surface area (Å²) in [5, 5.41) is 8.91. The van der Waals surface area contributed by atoms with Crippen molar-refractivity contribution in [2.75, 3.05) is 78.5 Å². The van der Waals surface area contributed by atoms with Gasteiger partial charge in [-0.25, -0.2) is 9.97 Å². The van der Waals surface area contributed by atoms with E-state index in [-0.39, 0.29) is 0 Å². The summed E-state index contributed by atoms with van der Waals surface area (Å²) in [5.74, 6) is 0.746. The molecule has 0 saturated carbocycles. The van der Waals surface area contributed by atoms with E-state index >= 15 is 0 Å². The predicted octanol–water partition coefficient (Wildman–Crippen LogP) is 4.45. The topological polar surface area (TPSA) is 81.0 Å². The molecule has 2 aromatic carbocycles. The van der Waals surface area contributed by atoms with Gasteiger partial charge in [0.05, 0.1) is 15.9 Å². The first-order chi connectivity index (χ1) is 21.3. The van der Waals surface area contributed by atoms with E-state index in [2.05, 4.69) is 90.4 Å². The van der Waals surface area contributed by atoms with E-state index < -0.39 is 0 Å². The number of hydrogen-bond acceptors (Lipinski definition) is 9. The quantitative estimate of drug-likeness (QED) is 0.186. The standard InChI is InChI=1S/C34H42N8S/c1(18-41-20-14-35-15-21-41)12-37-25-27-3-7-29(8-4-27)32-33-31(11-24-43-33)39-34(40-32)30-9-5-28(6-10-30)26-38-13-2-19-42-22-16-36-17-23-42/h3-11,24-26,35-36H,1-2,12-23H2/b37-25-,38-26+. The molecule has 224 valence electrons. The van der Waals surface area contributed by atoms with Gasteiger partial charge in [-0.3, -0.25) is 9.98 Å². The van der Waals surface area contributed by atoms with Crippen LogP contribution < -0.4 is 10.6 Å². The van der Waals surface area contributed by atoms with E-state index in [0.717, 1.165) is 135 Å². The SMILES string of the molecule is C(=N/CCCN1CCNCC1)/c1ccc(-c2nc(-c3ccc(/C=N/CCCN4CCNCC4)cc3)nc3ccsc23)cc1. The normalized spacial score (nSPS) is 17.0. The van der Waals surface area contributed by atoms with Gasteiger partial charge in [0.25, 0.3) is 0 Å². The van der Waals surface area contributed by atoms with Crippen LogP contribution in [-0.4, -0.2) is 111 Å². The molecule has 0 spiro atoms. The first-order valence-electron chi connectivity index (χ1n) is 15.6. The Labute approximate surface area is 259 Å². The second-order valence-electron chi connectivity index (χ2n) is 11.2. The van der Waals surface area contributed by atoms with Gasteiger partial charge in [0.15, 0.2) is 5.82 Å². The lowest BCUT2D eigenvalue weighted by molar-refractivity contribution is 0.240. The maximum absolute atomic E-state index is 5.05. The van der Waals surface area contributed by atoms with E-state index in [1.807, 2.05) is 12.4 Å². The van der Waals surface area contributed by atoms with Crippen LogP contribution in [0.15, 0.2) is 70.0 Å². The van der Waals surface area contributed by atoms with Crippen molar-refractivity contribution in [3.8, 4) is 22.6 Å². The van der Waals surface area contributed by atoms with Crippen molar-refractivity contribution >= 4 is 34.0 Å². The van der Waals surface area contributed by atoms with Gasteiger partial charge in [0, 0.05) is 89.0 Å². The highest BCUT2D eigenvalue weighted by Crippen LogP contribution is 2.32. The van der Waals surface area contributed by atoms with Crippen LogP contribution in [0.5, 0.6) is 0 Å². The summed E-state index contributed by atoms with van der Waals surface area (Å²) in [6.07, 6.45) is 6.16. The highest BCUT2D eigenvalue weighted by Gasteiger charge is 2.13. The van der Waals surface area contributed by atoms with Crippen molar-refractivity contribution in [1.82, 2.24) is 30.4 Å². The molecule has 2 fully saturated rings. The average molecular weight is 595 g/mol. The first-order valence-corrected chi connectivity index (χ1v) is 16.5. The van der Waals surface area contributed by atoms with Crippen molar-refractivity contribution in [2.24, 2.45) is 9.98 Å². The monoisotopic (exact) mass is 594 g/mol. The van der Waals surface area contributed by atoms with Crippen molar-refractivity contribution in [3.05, 3.63) is 71.1 Å². The minimum atomic E-state index is 0.746. The Kier molecular flexibility index (Phi) is 10.6. The summed E-state index contributed by atoms with van der Waals surface area (Å²) >= 11 is 1.69. The number of nitrogens with zero attached hydrogens (tertiary/aromatic N) is 6. The summed E-state index contributed by atoms with van der Waals surface area (Å²) in [6, 6.07) is 19.0. The Hall–Kier alpha value is -3.34. The fourth-order valence-electron chi connectivity index (χ4n) is 5.61. The highest BCUT2D eigenvalue weighted by molar-refractivity contribution is 7.17. The van der Waals surface area contributed by atoms with Gasteiger partial charge < -0.3 is 20.4 Å². The molecule has 0 radical (unpaired) electrons. The molecule has 0 atom stereocenters. The number of fused-ring (bicyclic) bond motifs is 1. The molecular weight excluding hydrogens is 552 g/mol. The number of hydrogen-bond donors (Lipinski definition) is 2. The molecule has 43 heavy (non-hydrogen) atoms. The summed E-state index contributed by atoms with van der Waals surface area (Å²) in [4.78, 5) is 24.3. The number of aromatic nitrogens is 2. The van der Waals surface area contributed by atoms with Gasteiger partial charge in [0.2, 0.25) is 0 Å². The van der Waals surface area contributed by atoms with Gasteiger partial charge in [-0.1, -0.05) is 48.5 Å². The van der Waals surface area contributed by atoms with E-state index in [1.165, 1.54) is 0 Å². The fourth-order valence-corrected chi connectivity index (χ4v) is 6.46. The molecule has 0 amide bonds. The molecule has 4 aromatic rings. The van der Waals surface area contributed by atoms with Crippen LogP contribution in [0.4, 0.5) is 0 Å². The lowest BCUT2D eigenvalue weighted by atomic mass is 10.1. The molecular formula is C34H42N8S. The predicted molar refractivity (Wildman–Crippen MR) is 181 cm³/mol. The second kappa shape index (κ2) is 15.4. The van der Waals surface area contributed by atoms with Crippen LogP contribution in [-0.2, 0) is 0 Å². The minimum absolute atomic E-state index is 0.746. The summed E-state index contributed by atoms with van der Waals surface area (Å²) in [7, 11) is 0. The Morgan fingerprint density at radius 3 is 1.77 bits per heavy atom. The third-order valence-electron chi connectivity index (χ3n) is 8.08. The average Bonchev–Trinajstić information content (AvgIpc) is 3.55. The number of thiophene rings is 1. The molecule has 0 unspecified atom stereocenters. The van der Waals surface area contributed by atoms with Crippen molar-refractivity contribution in [3.63, 3.8) is 0 Å².